The molecule has 0 saturated carbocycles. The summed E-state index contributed by atoms with van der Waals surface area (Å²) in [6, 6.07) is 18.6. The van der Waals surface area contributed by atoms with Crippen LogP contribution in [0.5, 0.6) is 0 Å². The van der Waals surface area contributed by atoms with E-state index in [1.807, 2.05) is 53.1 Å². The van der Waals surface area contributed by atoms with Crippen LogP contribution < -0.4 is 5.32 Å². The zero-order chi connectivity index (χ0) is 20.9. The number of nitrogens with zero attached hydrogens (tertiary/aromatic N) is 4. The van der Waals surface area contributed by atoms with Gasteiger partial charge in [-0.05, 0) is 60.7 Å². The third-order valence-electron chi connectivity index (χ3n) is 4.10. The average molecular weight is 501 g/mol. The number of benzene rings is 2. The van der Waals surface area contributed by atoms with Gasteiger partial charge in [-0.2, -0.15) is 0 Å². The number of thioether (sulfide) groups is 1. The van der Waals surface area contributed by atoms with Crippen molar-refractivity contribution in [1.29, 1.82) is 0 Å². The van der Waals surface area contributed by atoms with Crippen LogP contribution in [0, 0.1) is 0 Å². The topological polar surface area (TPSA) is 72.7 Å². The van der Waals surface area contributed by atoms with E-state index in [0.29, 0.717) is 16.0 Å². The van der Waals surface area contributed by atoms with E-state index in [1.165, 1.54) is 11.8 Å². The lowest BCUT2D eigenvalue weighted by Gasteiger charge is -2.10. The summed E-state index contributed by atoms with van der Waals surface area (Å²) in [5.41, 5.74) is 2.41. The predicted octanol–water partition coefficient (Wildman–Crippen LogP) is 5.48. The van der Waals surface area contributed by atoms with Gasteiger partial charge in [0.05, 0.1) is 5.75 Å². The number of aromatic nitrogens is 4. The number of rotatable bonds is 6. The van der Waals surface area contributed by atoms with Crippen LogP contribution in [0.2, 0.25) is 5.02 Å². The van der Waals surface area contributed by atoms with E-state index in [1.54, 1.807) is 24.5 Å². The molecule has 9 heteroatoms. The number of pyridine rings is 1. The summed E-state index contributed by atoms with van der Waals surface area (Å²) in [4.78, 5) is 16.6. The second-order valence-corrected chi connectivity index (χ2v) is 8.50. The number of hydrogen-bond donors (Lipinski definition) is 1. The van der Waals surface area contributed by atoms with E-state index in [0.717, 1.165) is 21.4 Å². The van der Waals surface area contributed by atoms with Gasteiger partial charge in [-0.3, -0.25) is 14.3 Å². The van der Waals surface area contributed by atoms with Crippen LogP contribution >= 0.6 is 39.3 Å². The van der Waals surface area contributed by atoms with Gasteiger partial charge < -0.3 is 5.32 Å². The largest absolute Gasteiger partial charge is 0.325 e. The minimum atomic E-state index is -0.129. The van der Waals surface area contributed by atoms with E-state index < -0.39 is 0 Å². The highest BCUT2D eigenvalue weighted by atomic mass is 79.9. The monoisotopic (exact) mass is 499 g/mol. The van der Waals surface area contributed by atoms with E-state index in [9.17, 15) is 4.79 Å². The Morgan fingerprint density at radius 1 is 1.07 bits per heavy atom. The average Bonchev–Trinajstić information content (AvgIpc) is 3.19. The molecule has 0 aliphatic rings. The maximum absolute atomic E-state index is 12.4. The molecule has 0 atom stereocenters. The van der Waals surface area contributed by atoms with Crippen molar-refractivity contribution in [3.63, 3.8) is 0 Å². The third kappa shape index (κ3) is 4.89. The van der Waals surface area contributed by atoms with Crippen LogP contribution in [0.15, 0.2) is 82.7 Å². The molecule has 4 rings (SSSR count). The van der Waals surface area contributed by atoms with E-state index >= 15 is 0 Å². The van der Waals surface area contributed by atoms with E-state index in [-0.39, 0.29) is 11.7 Å². The number of carbonyl (C=O) groups is 1. The normalized spacial score (nSPS) is 10.7. The van der Waals surface area contributed by atoms with Gasteiger partial charge in [0, 0.05) is 38.8 Å². The molecule has 4 aromatic rings. The molecular weight excluding hydrogens is 486 g/mol. The number of anilines is 1. The van der Waals surface area contributed by atoms with E-state index in [2.05, 4.69) is 36.4 Å². The highest BCUT2D eigenvalue weighted by molar-refractivity contribution is 9.10. The minimum absolute atomic E-state index is 0.129. The quantitative estimate of drug-likeness (QED) is 0.355. The van der Waals surface area contributed by atoms with Gasteiger partial charge >= 0.3 is 0 Å². The van der Waals surface area contributed by atoms with Gasteiger partial charge in [0.1, 0.15) is 0 Å². The van der Waals surface area contributed by atoms with Gasteiger partial charge in [0.15, 0.2) is 11.0 Å². The lowest BCUT2D eigenvalue weighted by Crippen LogP contribution is -2.14. The standard InChI is InChI=1S/C21H15BrClN5OS/c22-15-3-7-17(8-4-15)25-19(29)13-30-21-27-26-20(14-2-1-11-24-12-14)28(21)18-9-5-16(23)6-10-18/h1-12H,13H2,(H,25,29). The summed E-state index contributed by atoms with van der Waals surface area (Å²) in [5, 5.41) is 12.8. The highest BCUT2D eigenvalue weighted by Gasteiger charge is 2.17. The maximum atomic E-state index is 12.4. The number of amides is 1. The molecule has 2 aromatic carbocycles. The van der Waals surface area contributed by atoms with Crippen molar-refractivity contribution < 1.29 is 4.79 Å². The SMILES string of the molecule is O=C(CSc1nnc(-c2cccnc2)n1-c1ccc(Cl)cc1)Nc1ccc(Br)cc1. The lowest BCUT2D eigenvalue weighted by atomic mass is 10.2. The molecule has 1 N–H and O–H groups in total. The van der Waals surface area contributed by atoms with Gasteiger partial charge in [-0.25, -0.2) is 0 Å². The molecule has 0 radical (unpaired) electrons. The molecule has 150 valence electrons. The van der Waals surface area contributed by atoms with E-state index in [4.69, 9.17) is 11.6 Å². The van der Waals surface area contributed by atoms with Crippen molar-refractivity contribution in [2.45, 2.75) is 5.16 Å². The second kappa shape index (κ2) is 9.42. The Labute approximate surface area is 190 Å². The number of nitrogens with one attached hydrogen (secondary N) is 1. The fourth-order valence-electron chi connectivity index (χ4n) is 2.73. The Hall–Kier alpha value is -2.68. The fourth-order valence-corrected chi connectivity index (χ4v) is 3.87. The third-order valence-corrected chi connectivity index (χ3v) is 5.81. The zero-order valence-corrected chi connectivity index (χ0v) is 18.7. The van der Waals surface area contributed by atoms with Crippen LogP contribution in [0.4, 0.5) is 5.69 Å². The molecule has 0 fully saturated rings. The van der Waals surface area contributed by atoms with Crippen molar-refractivity contribution in [2.75, 3.05) is 11.1 Å². The Morgan fingerprint density at radius 3 is 2.53 bits per heavy atom. The van der Waals surface area contributed by atoms with Gasteiger partial charge in [0.2, 0.25) is 5.91 Å². The lowest BCUT2D eigenvalue weighted by molar-refractivity contribution is -0.113. The predicted molar refractivity (Wildman–Crippen MR) is 123 cm³/mol. The zero-order valence-electron chi connectivity index (χ0n) is 15.5. The Balaban J connectivity index is 1.58. The summed E-state index contributed by atoms with van der Waals surface area (Å²) in [7, 11) is 0. The highest BCUT2D eigenvalue weighted by Crippen LogP contribution is 2.28. The molecule has 2 heterocycles. The van der Waals surface area contributed by atoms with Crippen LogP contribution in [-0.4, -0.2) is 31.4 Å². The fraction of sp³-hybridized carbons (Fsp3) is 0.0476. The first-order chi connectivity index (χ1) is 14.6. The van der Waals surface area contributed by atoms with Crippen LogP contribution in [0.25, 0.3) is 17.1 Å². The molecular formula is C21H15BrClN5OS. The summed E-state index contributed by atoms with van der Waals surface area (Å²) in [6.45, 7) is 0. The molecule has 0 aliphatic carbocycles. The molecule has 0 spiro atoms. The number of hydrogen-bond acceptors (Lipinski definition) is 5. The number of halogens is 2. The van der Waals surface area contributed by atoms with Gasteiger partial charge in [0.25, 0.3) is 0 Å². The molecule has 0 saturated heterocycles. The Kier molecular flexibility index (Phi) is 6.47. The van der Waals surface area contributed by atoms with Gasteiger partial charge in [-0.1, -0.05) is 39.3 Å². The molecule has 0 bridgehead atoms. The van der Waals surface area contributed by atoms with Crippen LogP contribution in [0.1, 0.15) is 0 Å². The molecule has 30 heavy (non-hydrogen) atoms. The molecule has 0 unspecified atom stereocenters. The first-order valence-electron chi connectivity index (χ1n) is 8.90. The van der Waals surface area contributed by atoms with Crippen molar-refractivity contribution >= 4 is 50.9 Å². The first-order valence-corrected chi connectivity index (χ1v) is 11.1. The summed E-state index contributed by atoms with van der Waals surface area (Å²) >= 11 is 10.7. The smallest absolute Gasteiger partial charge is 0.234 e. The number of carbonyl (C=O) groups excluding carboxylic acids is 1. The molecule has 2 aromatic heterocycles. The van der Waals surface area contributed by atoms with Gasteiger partial charge in [-0.15, -0.1) is 10.2 Å². The second-order valence-electron chi connectivity index (χ2n) is 6.20. The van der Waals surface area contributed by atoms with Crippen molar-refractivity contribution in [2.24, 2.45) is 0 Å². The van der Waals surface area contributed by atoms with Crippen LogP contribution in [-0.2, 0) is 4.79 Å². The Bertz CT molecular complexity index is 1150. The first kappa shape index (κ1) is 20.6. The molecule has 1 amide bonds. The van der Waals surface area contributed by atoms with Crippen molar-refractivity contribution in [3.05, 3.63) is 82.6 Å². The summed E-state index contributed by atoms with van der Waals surface area (Å²) in [5.74, 6) is 0.701. The maximum Gasteiger partial charge on any atom is 0.234 e. The van der Waals surface area contributed by atoms with Crippen molar-refractivity contribution in [3.8, 4) is 17.1 Å². The molecule has 0 aliphatic heterocycles. The van der Waals surface area contributed by atoms with Crippen molar-refractivity contribution in [1.82, 2.24) is 19.7 Å². The van der Waals surface area contributed by atoms with Crippen LogP contribution in [0.3, 0.4) is 0 Å². The Morgan fingerprint density at radius 2 is 1.83 bits per heavy atom. The minimum Gasteiger partial charge on any atom is -0.325 e. The summed E-state index contributed by atoms with van der Waals surface area (Å²) in [6.07, 6.45) is 3.43. The molecule has 6 nitrogen and oxygen atoms in total. The summed E-state index contributed by atoms with van der Waals surface area (Å²) < 4.78 is 2.85.